The largest absolute Gasteiger partial charge is 0.282 e. The second-order valence-corrected chi connectivity index (χ2v) is 15.0. The lowest BCUT2D eigenvalue weighted by molar-refractivity contribution is 1.41. The van der Waals surface area contributed by atoms with Gasteiger partial charge >= 0.3 is 0 Å². The van der Waals surface area contributed by atoms with Gasteiger partial charge in [-0.25, -0.2) is 4.99 Å². The molecular formula is C52H34N2S. The quantitative estimate of drug-likeness (QED) is 0.0769. The zero-order chi connectivity index (χ0) is 36.7. The van der Waals surface area contributed by atoms with E-state index in [1.54, 1.807) is 11.3 Å². The van der Waals surface area contributed by atoms with Gasteiger partial charge in [-0.1, -0.05) is 158 Å². The monoisotopic (exact) mass is 718 g/mol. The molecule has 0 saturated heterocycles. The Hall–Kier alpha value is -6.94. The molecule has 9 aromatic carbocycles. The van der Waals surface area contributed by atoms with Crippen LogP contribution in [0.5, 0.6) is 0 Å². The molecule has 2 nitrogen and oxygen atoms in total. The second kappa shape index (κ2) is 13.8. The van der Waals surface area contributed by atoms with Crippen LogP contribution in [0.15, 0.2) is 199 Å². The summed E-state index contributed by atoms with van der Waals surface area (Å²) >= 11 is 1.79. The summed E-state index contributed by atoms with van der Waals surface area (Å²) in [5, 5.41) is 20.1. The van der Waals surface area contributed by atoms with Crippen LogP contribution in [-0.2, 0) is 0 Å². The topological polar surface area (TPSA) is 36.2 Å². The molecule has 10 rings (SSSR count). The first-order valence-electron chi connectivity index (χ1n) is 18.5. The Morgan fingerprint density at radius 3 is 2.04 bits per heavy atom. The number of benzene rings is 9. The van der Waals surface area contributed by atoms with E-state index in [4.69, 9.17) is 10.4 Å². The van der Waals surface area contributed by atoms with Gasteiger partial charge < -0.3 is 0 Å². The molecule has 1 N–H and O–H groups in total. The highest BCUT2D eigenvalue weighted by molar-refractivity contribution is 7.22. The number of rotatable bonds is 6. The van der Waals surface area contributed by atoms with Crippen LogP contribution in [0, 0.1) is 5.41 Å². The predicted octanol–water partition coefficient (Wildman–Crippen LogP) is 14.4. The fraction of sp³-hybridized carbons (Fsp3) is 0. The van der Waals surface area contributed by atoms with Gasteiger partial charge in [-0.05, 0) is 113 Å². The zero-order valence-electron chi connectivity index (χ0n) is 29.9. The van der Waals surface area contributed by atoms with Crippen molar-refractivity contribution in [2.24, 2.45) is 4.99 Å². The molecule has 0 spiro atoms. The van der Waals surface area contributed by atoms with Gasteiger partial charge in [0.1, 0.15) is 0 Å². The number of thiophene rings is 1. The molecule has 3 heteroatoms. The van der Waals surface area contributed by atoms with Crippen molar-refractivity contribution in [1.82, 2.24) is 0 Å². The summed E-state index contributed by atoms with van der Waals surface area (Å²) < 4.78 is 1.27. The predicted molar refractivity (Wildman–Crippen MR) is 238 cm³/mol. The minimum atomic E-state index is 0.229. The van der Waals surface area contributed by atoms with E-state index < -0.39 is 0 Å². The maximum atomic E-state index is 8.90. The van der Waals surface area contributed by atoms with E-state index in [1.165, 1.54) is 69.2 Å². The summed E-state index contributed by atoms with van der Waals surface area (Å²) in [5.41, 5.74) is 7.17. The van der Waals surface area contributed by atoms with Crippen molar-refractivity contribution in [3.63, 3.8) is 0 Å². The summed E-state index contributed by atoms with van der Waals surface area (Å²) in [6.07, 6.45) is 4.16. The number of aliphatic imine (C=N–C) groups is 1. The number of nitrogens with one attached hydrogen (secondary N) is 1. The van der Waals surface area contributed by atoms with Crippen LogP contribution in [0.4, 0.5) is 0 Å². The highest BCUT2D eigenvalue weighted by atomic mass is 32.1. The molecule has 0 fully saturated rings. The molecule has 0 saturated carbocycles. The van der Waals surface area contributed by atoms with Crippen molar-refractivity contribution < 1.29 is 0 Å². The van der Waals surface area contributed by atoms with Gasteiger partial charge in [0.15, 0.2) is 5.84 Å². The molecule has 0 bridgehead atoms. The third kappa shape index (κ3) is 6.21. The maximum Gasteiger partial charge on any atom is 0.152 e. The van der Waals surface area contributed by atoms with Gasteiger partial charge in [-0.15, -0.1) is 11.3 Å². The first-order chi connectivity index (χ1) is 27.1. The Kier molecular flexibility index (Phi) is 8.20. The van der Waals surface area contributed by atoms with E-state index in [9.17, 15) is 0 Å². The normalized spacial score (nSPS) is 12.1. The lowest BCUT2D eigenvalue weighted by atomic mass is 9.89. The lowest BCUT2D eigenvalue weighted by Gasteiger charge is -2.15. The number of fused-ring (bicyclic) bond motifs is 6. The van der Waals surface area contributed by atoms with Crippen LogP contribution in [0.2, 0.25) is 0 Å². The van der Waals surface area contributed by atoms with Crippen LogP contribution < -0.4 is 0 Å². The number of amidine groups is 1. The Bertz CT molecular complexity index is 3130. The van der Waals surface area contributed by atoms with E-state index in [0.29, 0.717) is 0 Å². The molecule has 1 aromatic heterocycles. The van der Waals surface area contributed by atoms with Crippen molar-refractivity contribution in [3.05, 3.63) is 211 Å². The van der Waals surface area contributed by atoms with Gasteiger partial charge in [-0.2, -0.15) is 0 Å². The number of hydrogen-bond acceptors (Lipinski definition) is 2. The second-order valence-electron chi connectivity index (χ2n) is 14.0. The van der Waals surface area contributed by atoms with E-state index in [0.717, 1.165) is 28.0 Å². The Morgan fingerprint density at radius 1 is 0.455 bits per heavy atom. The minimum absolute atomic E-state index is 0.229. The summed E-state index contributed by atoms with van der Waals surface area (Å²) in [7, 11) is 0. The lowest BCUT2D eigenvalue weighted by Crippen LogP contribution is -2.04. The van der Waals surface area contributed by atoms with Gasteiger partial charge in [0.05, 0.1) is 5.71 Å². The van der Waals surface area contributed by atoms with Crippen LogP contribution in [0.1, 0.15) is 16.7 Å². The molecule has 1 heterocycles. The first-order valence-corrected chi connectivity index (χ1v) is 19.3. The molecule has 0 aliphatic heterocycles. The average Bonchev–Trinajstić information content (AvgIpc) is 3.69. The van der Waals surface area contributed by atoms with Gasteiger partial charge in [0.25, 0.3) is 0 Å². The van der Waals surface area contributed by atoms with Crippen molar-refractivity contribution >= 4 is 82.1 Å². The van der Waals surface area contributed by atoms with Crippen molar-refractivity contribution in [2.75, 3.05) is 0 Å². The van der Waals surface area contributed by atoms with Gasteiger partial charge in [0, 0.05) is 20.7 Å². The van der Waals surface area contributed by atoms with Gasteiger partial charge in [-0.3, -0.25) is 5.41 Å². The third-order valence-corrected chi connectivity index (χ3v) is 11.7. The Morgan fingerprint density at radius 2 is 1.16 bits per heavy atom. The average molecular weight is 719 g/mol. The van der Waals surface area contributed by atoms with Gasteiger partial charge in [0.2, 0.25) is 0 Å². The molecule has 258 valence electrons. The fourth-order valence-electron chi connectivity index (χ4n) is 7.76. The minimum Gasteiger partial charge on any atom is -0.282 e. The zero-order valence-corrected chi connectivity index (χ0v) is 30.7. The van der Waals surface area contributed by atoms with Crippen molar-refractivity contribution in [2.45, 2.75) is 0 Å². The summed E-state index contributed by atoms with van der Waals surface area (Å²) in [6, 6.07) is 66.7. The molecule has 0 amide bonds. The third-order valence-electron chi connectivity index (χ3n) is 10.5. The highest BCUT2D eigenvalue weighted by Crippen LogP contribution is 2.40. The summed E-state index contributed by atoms with van der Waals surface area (Å²) in [5.74, 6) is 0.229. The maximum absolute atomic E-state index is 8.90. The van der Waals surface area contributed by atoms with Crippen molar-refractivity contribution in [3.8, 4) is 21.6 Å². The molecule has 0 radical (unpaired) electrons. The molecule has 0 aliphatic rings. The molecule has 0 atom stereocenters. The van der Waals surface area contributed by atoms with E-state index >= 15 is 0 Å². The highest BCUT2D eigenvalue weighted by Gasteiger charge is 2.13. The Labute approximate surface area is 323 Å². The van der Waals surface area contributed by atoms with Crippen LogP contribution in [0.3, 0.4) is 0 Å². The van der Waals surface area contributed by atoms with E-state index in [1.807, 2.05) is 36.4 Å². The number of hydrogen-bond donors (Lipinski definition) is 1. The van der Waals surface area contributed by atoms with E-state index in [2.05, 4.69) is 164 Å². The van der Waals surface area contributed by atoms with E-state index in [-0.39, 0.29) is 5.84 Å². The molecule has 0 aliphatic carbocycles. The summed E-state index contributed by atoms with van der Waals surface area (Å²) in [6.45, 7) is 0. The summed E-state index contributed by atoms with van der Waals surface area (Å²) in [4.78, 5) is 6.11. The Balaban J connectivity index is 1.03. The number of nitrogens with zero attached hydrogens (tertiary/aromatic N) is 1. The SMILES string of the molecule is N=C(N=C(/C=C/c1ccc2cc(-c3c4ccccc4cc4c3ccc3ccccc34)ccc2c1)c1cccc(-c2cc3ccccc3s2)c1)c1ccccc1. The standard InChI is InChI=1S/C52H34N2S/c53-52(36-12-2-1-3-13-36)54-48(40-16-10-17-41(31-40)50-33-42-15-6-9-20-49(42)55-50)28-22-34-21-23-38-30-43(25-24-37(38)29-34)51-45-19-8-5-14-39(45)32-47-44-18-7-4-11-35(44)26-27-46(47)51/h1-33,53H/b28-22+,53-52?,54-48?. The molecule has 0 unspecified atom stereocenters. The molecular weight excluding hydrogens is 685 g/mol. The fourth-order valence-corrected chi connectivity index (χ4v) is 8.82. The van der Waals surface area contributed by atoms with Crippen molar-refractivity contribution in [1.29, 1.82) is 5.41 Å². The smallest absolute Gasteiger partial charge is 0.152 e. The first kappa shape index (κ1) is 32.7. The molecule has 55 heavy (non-hydrogen) atoms. The van der Waals surface area contributed by atoms with Crippen LogP contribution >= 0.6 is 11.3 Å². The number of allylic oxidation sites excluding steroid dienone is 1. The van der Waals surface area contributed by atoms with Crippen LogP contribution in [0.25, 0.3) is 80.8 Å². The van der Waals surface area contributed by atoms with Crippen LogP contribution in [-0.4, -0.2) is 11.5 Å². The molecule has 10 aromatic rings.